The molecule has 23 heavy (non-hydrogen) atoms. The van der Waals surface area contributed by atoms with Gasteiger partial charge in [-0.3, -0.25) is 4.79 Å². The van der Waals surface area contributed by atoms with E-state index in [4.69, 9.17) is 20.8 Å². The van der Waals surface area contributed by atoms with E-state index in [1.165, 1.54) is 12.2 Å². The Bertz CT molecular complexity index is 704. The van der Waals surface area contributed by atoms with Gasteiger partial charge in [-0.25, -0.2) is 4.79 Å². The van der Waals surface area contributed by atoms with E-state index in [1.54, 1.807) is 31.2 Å². The van der Waals surface area contributed by atoms with Crippen LogP contribution in [0.2, 0.25) is 5.02 Å². The molecule has 0 bridgehead atoms. The Morgan fingerprint density at radius 3 is 2.61 bits per heavy atom. The Labute approximate surface area is 138 Å². The summed E-state index contributed by atoms with van der Waals surface area (Å²) in [5, 5.41) is 3.28. The van der Waals surface area contributed by atoms with Crippen LogP contribution in [0.15, 0.2) is 46.9 Å². The van der Waals surface area contributed by atoms with Crippen molar-refractivity contribution >= 4 is 29.6 Å². The molecule has 1 amide bonds. The predicted molar refractivity (Wildman–Crippen MR) is 86.7 cm³/mol. The van der Waals surface area contributed by atoms with E-state index in [1.807, 2.05) is 12.1 Å². The second kappa shape index (κ2) is 8.19. The molecular weight excluding hydrogens is 318 g/mol. The lowest BCUT2D eigenvalue weighted by Crippen LogP contribution is -2.28. The van der Waals surface area contributed by atoms with Crippen molar-refractivity contribution in [1.29, 1.82) is 0 Å². The highest BCUT2D eigenvalue weighted by Gasteiger charge is 2.05. The molecule has 0 aliphatic rings. The van der Waals surface area contributed by atoms with Gasteiger partial charge in [0.25, 0.3) is 5.91 Å². The molecule has 0 spiro atoms. The van der Waals surface area contributed by atoms with Gasteiger partial charge in [-0.1, -0.05) is 23.7 Å². The third-order valence-corrected chi connectivity index (χ3v) is 3.15. The van der Waals surface area contributed by atoms with E-state index < -0.39 is 5.97 Å². The minimum Gasteiger partial charge on any atom is -0.462 e. The smallest absolute Gasteiger partial charge is 0.331 e. The molecule has 2 aromatic rings. The highest BCUT2D eigenvalue weighted by molar-refractivity contribution is 6.30. The number of carbonyl (C=O) groups excluding carboxylic acids is 2. The number of benzene rings is 1. The van der Waals surface area contributed by atoms with Crippen LogP contribution in [0.4, 0.5) is 0 Å². The molecule has 6 heteroatoms. The van der Waals surface area contributed by atoms with E-state index in [9.17, 15) is 9.59 Å². The van der Waals surface area contributed by atoms with Crippen LogP contribution in [-0.4, -0.2) is 18.5 Å². The minimum absolute atomic E-state index is 0.339. The summed E-state index contributed by atoms with van der Waals surface area (Å²) in [7, 11) is 0. The number of aryl methyl sites for hydroxylation is 1. The van der Waals surface area contributed by atoms with Crippen LogP contribution < -0.4 is 5.32 Å². The van der Waals surface area contributed by atoms with Gasteiger partial charge in [0.05, 0.1) is 0 Å². The fraction of sp³-hybridized carbons (Fsp3) is 0.176. The van der Waals surface area contributed by atoms with Crippen LogP contribution in [0.3, 0.4) is 0 Å². The zero-order chi connectivity index (χ0) is 16.7. The van der Waals surface area contributed by atoms with Gasteiger partial charge >= 0.3 is 5.97 Å². The van der Waals surface area contributed by atoms with Crippen molar-refractivity contribution in [3.63, 3.8) is 0 Å². The molecule has 0 aliphatic heterocycles. The first-order chi connectivity index (χ1) is 11.0. The number of carbonyl (C=O) groups is 2. The number of hydrogen-bond donors (Lipinski definition) is 1. The number of rotatable bonds is 6. The van der Waals surface area contributed by atoms with Crippen molar-refractivity contribution in [3.8, 4) is 0 Å². The number of nitrogens with one attached hydrogen (secondary N) is 1. The van der Waals surface area contributed by atoms with Gasteiger partial charge in [0.15, 0.2) is 6.61 Å². The summed E-state index contributed by atoms with van der Waals surface area (Å²) in [6.07, 6.45) is 2.70. The maximum absolute atomic E-state index is 11.6. The maximum Gasteiger partial charge on any atom is 0.331 e. The van der Waals surface area contributed by atoms with Crippen molar-refractivity contribution in [2.45, 2.75) is 13.5 Å². The predicted octanol–water partition coefficient (Wildman–Crippen LogP) is 3.11. The summed E-state index contributed by atoms with van der Waals surface area (Å²) < 4.78 is 10.1. The maximum atomic E-state index is 11.6. The van der Waals surface area contributed by atoms with Crippen molar-refractivity contribution in [2.24, 2.45) is 0 Å². The Kier molecular flexibility index (Phi) is 6.00. The largest absolute Gasteiger partial charge is 0.462 e. The van der Waals surface area contributed by atoms with Gasteiger partial charge in [-0.15, -0.1) is 0 Å². The molecule has 0 unspecified atom stereocenters. The van der Waals surface area contributed by atoms with Crippen LogP contribution in [-0.2, 0) is 20.9 Å². The van der Waals surface area contributed by atoms with Crippen LogP contribution in [0, 0.1) is 6.92 Å². The number of hydrogen-bond acceptors (Lipinski definition) is 4. The van der Waals surface area contributed by atoms with Gasteiger partial charge in [0.2, 0.25) is 0 Å². The van der Waals surface area contributed by atoms with E-state index in [2.05, 4.69) is 5.32 Å². The number of furan rings is 1. The summed E-state index contributed by atoms with van der Waals surface area (Å²) in [5.74, 6) is 0.308. The molecule has 0 radical (unpaired) electrons. The minimum atomic E-state index is -0.610. The Hall–Kier alpha value is -2.53. The van der Waals surface area contributed by atoms with Gasteiger partial charge in [0.1, 0.15) is 11.5 Å². The highest BCUT2D eigenvalue weighted by atomic mass is 35.5. The average Bonchev–Trinajstić information content (AvgIpc) is 2.96. The summed E-state index contributed by atoms with van der Waals surface area (Å²) in [4.78, 5) is 23.1. The lowest BCUT2D eigenvalue weighted by molar-refractivity contribution is -0.143. The lowest BCUT2D eigenvalue weighted by atomic mass is 10.2. The summed E-state index contributed by atoms with van der Waals surface area (Å²) >= 11 is 5.78. The molecule has 1 aromatic heterocycles. The number of ether oxygens (including phenoxy) is 1. The molecule has 120 valence electrons. The third-order valence-electron chi connectivity index (χ3n) is 2.89. The summed E-state index contributed by atoms with van der Waals surface area (Å²) in [5.41, 5.74) is 0.905. The van der Waals surface area contributed by atoms with E-state index in [0.29, 0.717) is 17.3 Å². The van der Waals surface area contributed by atoms with Gasteiger partial charge < -0.3 is 14.5 Å². The van der Waals surface area contributed by atoms with E-state index >= 15 is 0 Å². The normalized spacial score (nSPS) is 10.7. The van der Waals surface area contributed by atoms with Crippen LogP contribution in [0.25, 0.3) is 6.08 Å². The zero-order valence-corrected chi connectivity index (χ0v) is 13.3. The van der Waals surface area contributed by atoms with E-state index in [-0.39, 0.29) is 12.5 Å². The van der Waals surface area contributed by atoms with Crippen molar-refractivity contribution in [2.75, 3.05) is 6.61 Å². The Morgan fingerprint density at radius 2 is 1.96 bits per heavy atom. The standard InChI is InChI=1S/C17H16ClNO4/c1-12-2-7-15(23-12)8-9-17(21)22-11-16(20)19-10-13-3-5-14(18)6-4-13/h2-9H,10-11H2,1H3,(H,19,20)/b9-8+. The van der Waals surface area contributed by atoms with Gasteiger partial charge in [-0.05, 0) is 42.8 Å². The molecule has 1 N–H and O–H groups in total. The second-order valence-electron chi connectivity index (χ2n) is 4.79. The van der Waals surface area contributed by atoms with Crippen LogP contribution in [0.5, 0.6) is 0 Å². The average molecular weight is 334 g/mol. The second-order valence-corrected chi connectivity index (χ2v) is 5.23. The number of halogens is 1. The topological polar surface area (TPSA) is 68.5 Å². The molecule has 1 heterocycles. The molecule has 0 saturated carbocycles. The number of esters is 1. The van der Waals surface area contributed by atoms with Gasteiger partial charge in [0, 0.05) is 17.6 Å². The Morgan fingerprint density at radius 1 is 1.22 bits per heavy atom. The molecule has 0 saturated heterocycles. The number of amides is 1. The van der Waals surface area contributed by atoms with Crippen molar-refractivity contribution in [3.05, 3.63) is 64.6 Å². The van der Waals surface area contributed by atoms with Crippen LogP contribution >= 0.6 is 11.6 Å². The quantitative estimate of drug-likeness (QED) is 0.651. The zero-order valence-electron chi connectivity index (χ0n) is 12.5. The fourth-order valence-electron chi connectivity index (χ4n) is 1.73. The first-order valence-corrected chi connectivity index (χ1v) is 7.33. The van der Waals surface area contributed by atoms with Crippen LogP contribution in [0.1, 0.15) is 17.1 Å². The highest BCUT2D eigenvalue weighted by Crippen LogP contribution is 2.09. The SMILES string of the molecule is Cc1ccc(/C=C/C(=O)OCC(=O)NCc2ccc(Cl)cc2)o1. The molecule has 1 aromatic carbocycles. The lowest BCUT2D eigenvalue weighted by Gasteiger charge is -2.05. The fourth-order valence-corrected chi connectivity index (χ4v) is 1.86. The first-order valence-electron chi connectivity index (χ1n) is 6.95. The van der Waals surface area contributed by atoms with Crippen molar-refractivity contribution in [1.82, 2.24) is 5.32 Å². The summed E-state index contributed by atoms with van der Waals surface area (Å²) in [6.45, 7) is 1.81. The molecule has 5 nitrogen and oxygen atoms in total. The molecule has 0 aliphatic carbocycles. The van der Waals surface area contributed by atoms with Gasteiger partial charge in [-0.2, -0.15) is 0 Å². The van der Waals surface area contributed by atoms with E-state index in [0.717, 1.165) is 11.3 Å². The van der Waals surface area contributed by atoms with Crippen molar-refractivity contribution < 1.29 is 18.7 Å². The first kappa shape index (κ1) is 16.8. The molecule has 0 atom stereocenters. The Balaban J connectivity index is 1.70. The molecular formula is C17H16ClNO4. The summed E-state index contributed by atoms with van der Waals surface area (Å²) in [6, 6.07) is 10.6. The molecule has 0 fully saturated rings. The monoisotopic (exact) mass is 333 g/mol. The third kappa shape index (κ3) is 6.00. The molecule has 2 rings (SSSR count).